The summed E-state index contributed by atoms with van der Waals surface area (Å²) in [6, 6.07) is 15.8. The zero-order valence-corrected chi connectivity index (χ0v) is 16.2. The fourth-order valence-electron chi connectivity index (χ4n) is 2.94. The smallest absolute Gasteiger partial charge is 0.251 e. The van der Waals surface area contributed by atoms with Gasteiger partial charge in [-0.25, -0.2) is 9.07 Å². The molecule has 146 valence electrons. The number of benzene rings is 2. The van der Waals surface area contributed by atoms with E-state index in [1.165, 1.54) is 12.1 Å². The van der Waals surface area contributed by atoms with Crippen LogP contribution in [0.3, 0.4) is 0 Å². The molecule has 0 unspecified atom stereocenters. The van der Waals surface area contributed by atoms with Gasteiger partial charge in [-0.3, -0.25) is 4.79 Å². The van der Waals surface area contributed by atoms with Crippen molar-refractivity contribution in [3.05, 3.63) is 83.4 Å². The lowest BCUT2D eigenvalue weighted by atomic mass is 10.0. The molecule has 0 spiro atoms. The first kappa shape index (κ1) is 19.8. The van der Waals surface area contributed by atoms with Gasteiger partial charge in [0.1, 0.15) is 5.82 Å². The Kier molecular flexibility index (Phi) is 6.55. The SMILES string of the molecule is CN(C)CCc1ccccc1C(=O)NCCc1ccn(-c2ccc(F)cc2)n1. The number of carbonyl (C=O) groups is 1. The lowest BCUT2D eigenvalue weighted by Crippen LogP contribution is -2.27. The van der Waals surface area contributed by atoms with Gasteiger partial charge < -0.3 is 10.2 Å². The average Bonchev–Trinajstić information content (AvgIpc) is 3.16. The molecule has 0 radical (unpaired) electrons. The average molecular weight is 380 g/mol. The Morgan fingerprint density at radius 1 is 1.07 bits per heavy atom. The summed E-state index contributed by atoms with van der Waals surface area (Å²) in [6.07, 6.45) is 3.29. The molecule has 3 rings (SSSR count). The van der Waals surface area contributed by atoms with Gasteiger partial charge in [0.05, 0.1) is 11.4 Å². The molecule has 0 aliphatic carbocycles. The molecule has 1 amide bonds. The molecule has 1 N–H and O–H groups in total. The first-order chi connectivity index (χ1) is 13.5. The van der Waals surface area contributed by atoms with Crippen LogP contribution in [0.15, 0.2) is 60.8 Å². The van der Waals surface area contributed by atoms with E-state index in [9.17, 15) is 9.18 Å². The van der Waals surface area contributed by atoms with Crippen molar-refractivity contribution in [2.75, 3.05) is 27.2 Å². The van der Waals surface area contributed by atoms with Crippen molar-refractivity contribution in [1.29, 1.82) is 0 Å². The lowest BCUT2D eigenvalue weighted by Gasteiger charge is -2.13. The van der Waals surface area contributed by atoms with Gasteiger partial charge in [-0.15, -0.1) is 0 Å². The highest BCUT2D eigenvalue weighted by atomic mass is 19.1. The summed E-state index contributed by atoms with van der Waals surface area (Å²) in [6.45, 7) is 1.40. The number of hydrogen-bond donors (Lipinski definition) is 1. The number of hydrogen-bond acceptors (Lipinski definition) is 3. The fraction of sp³-hybridized carbons (Fsp3) is 0.273. The minimum absolute atomic E-state index is 0.0627. The second kappa shape index (κ2) is 9.28. The van der Waals surface area contributed by atoms with Crippen molar-refractivity contribution >= 4 is 5.91 Å². The topological polar surface area (TPSA) is 50.2 Å². The summed E-state index contributed by atoms with van der Waals surface area (Å²) in [5.74, 6) is -0.336. The Bertz CT molecular complexity index is 918. The number of nitrogens with one attached hydrogen (secondary N) is 1. The van der Waals surface area contributed by atoms with Gasteiger partial charge in [0.15, 0.2) is 0 Å². The highest BCUT2D eigenvalue weighted by molar-refractivity contribution is 5.95. The largest absolute Gasteiger partial charge is 0.352 e. The van der Waals surface area contributed by atoms with Crippen LogP contribution in [-0.2, 0) is 12.8 Å². The fourth-order valence-corrected chi connectivity index (χ4v) is 2.94. The van der Waals surface area contributed by atoms with Crippen LogP contribution in [-0.4, -0.2) is 47.8 Å². The van der Waals surface area contributed by atoms with Crippen LogP contribution in [0.5, 0.6) is 0 Å². The Labute approximate surface area is 164 Å². The Balaban J connectivity index is 1.55. The van der Waals surface area contributed by atoms with Crippen LogP contribution in [0.1, 0.15) is 21.6 Å². The molecule has 0 atom stereocenters. The van der Waals surface area contributed by atoms with Gasteiger partial charge in [-0.2, -0.15) is 5.10 Å². The summed E-state index contributed by atoms with van der Waals surface area (Å²) in [4.78, 5) is 14.7. The maximum Gasteiger partial charge on any atom is 0.251 e. The van der Waals surface area contributed by atoms with Crippen molar-refractivity contribution < 1.29 is 9.18 Å². The zero-order valence-electron chi connectivity index (χ0n) is 16.2. The summed E-state index contributed by atoms with van der Waals surface area (Å²) in [7, 11) is 4.04. The number of nitrogens with zero attached hydrogens (tertiary/aromatic N) is 3. The summed E-state index contributed by atoms with van der Waals surface area (Å²) >= 11 is 0. The van der Waals surface area contributed by atoms with E-state index in [1.807, 2.05) is 50.6 Å². The third kappa shape index (κ3) is 5.27. The molecule has 0 aliphatic heterocycles. The van der Waals surface area contributed by atoms with Crippen LogP contribution in [0, 0.1) is 5.82 Å². The van der Waals surface area contributed by atoms with Gasteiger partial charge in [-0.1, -0.05) is 18.2 Å². The highest BCUT2D eigenvalue weighted by Gasteiger charge is 2.11. The van der Waals surface area contributed by atoms with E-state index in [1.54, 1.807) is 16.8 Å². The van der Waals surface area contributed by atoms with E-state index in [0.717, 1.165) is 35.5 Å². The van der Waals surface area contributed by atoms with Gasteiger partial charge in [-0.05, 0) is 62.5 Å². The van der Waals surface area contributed by atoms with Gasteiger partial charge in [0.2, 0.25) is 0 Å². The van der Waals surface area contributed by atoms with Crippen molar-refractivity contribution in [1.82, 2.24) is 20.0 Å². The molecule has 6 heteroatoms. The molecule has 0 fully saturated rings. The van der Waals surface area contributed by atoms with Crippen LogP contribution in [0.4, 0.5) is 4.39 Å². The second-order valence-corrected chi connectivity index (χ2v) is 6.94. The molecule has 0 saturated heterocycles. The first-order valence-electron chi connectivity index (χ1n) is 9.34. The van der Waals surface area contributed by atoms with Gasteiger partial charge in [0.25, 0.3) is 5.91 Å². The molecule has 3 aromatic rings. The van der Waals surface area contributed by atoms with Crippen LogP contribution >= 0.6 is 0 Å². The maximum atomic E-state index is 13.0. The molecule has 1 heterocycles. The first-order valence-corrected chi connectivity index (χ1v) is 9.34. The van der Waals surface area contributed by atoms with Gasteiger partial charge in [0, 0.05) is 31.3 Å². The predicted octanol–water partition coefficient (Wildman–Crippen LogP) is 3.09. The zero-order chi connectivity index (χ0) is 19.9. The van der Waals surface area contributed by atoms with E-state index >= 15 is 0 Å². The minimum Gasteiger partial charge on any atom is -0.352 e. The Hall–Kier alpha value is -2.99. The molecule has 0 aliphatic rings. The maximum absolute atomic E-state index is 13.0. The molecule has 0 saturated carbocycles. The number of aromatic nitrogens is 2. The Morgan fingerprint density at radius 3 is 2.57 bits per heavy atom. The van der Waals surface area contributed by atoms with Crippen LogP contribution < -0.4 is 5.32 Å². The van der Waals surface area contributed by atoms with Crippen LogP contribution in [0.2, 0.25) is 0 Å². The number of halogens is 1. The van der Waals surface area contributed by atoms with E-state index in [2.05, 4.69) is 15.3 Å². The summed E-state index contributed by atoms with van der Waals surface area (Å²) in [5.41, 5.74) is 3.44. The molecule has 5 nitrogen and oxygen atoms in total. The van der Waals surface area contributed by atoms with E-state index in [-0.39, 0.29) is 11.7 Å². The lowest BCUT2D eigenvalue weighted by molar-refractivity contribution is 0.0953. The van der Waals surface area contributed by atoms with Crippen molar-refractivity contribution in [2.45, 2.75) is 12.8 Å². The van der Waals surface area contributed by atoms with Crippen molar-refractivity contribution in [3.63, 3.8) is 0 Å². The van der Waals surface area contributed by atoms with Crippen molar-refractivity contribution in [2.24, 2.45) is 0 Å². The second-order valence-electron chi connectivity index (χ2n) is 6.94. The molecule has 2 aromatic carbocycles. The number of carbonyl (C=O) groups excluding carboxylic acids is 1. The third-order valence-electron chi connectivity index (χ3n) is 4.49. The van der Waals surface area contributed by atoms with Crippen molar-refractivity contribution in [3.8, 4) is 5.69 Å². The normalized spacial score (nSPS) is 11.0. The van der Waals surface area contributed by atoms with Crippen LogP contribution in [0.25, 0.3) is 5.69 Å². The molecular formula is C22H25FN4O. The standard InChI is InChI=1S/C22H25FN4O/c1-26(2)15-12-17-5-3-4-6-21(17)22(28)24-14-11-19-13-16-27(25-19)20-9-7-18(23)8-10-20/h3-10,13,16H,11-12,14-15H2,1-2H3,(H,24,28). The van der Waals surface area contributed by atoms with E-state index in [4.69, 9.17) is 0 Å². The summed E-state index contributed by atoms with van der Waals surface area (Å²) < 4.78 is 14.7. The number of amides is 1. The quantitative estimate of drug-likeness (QED) is 0.653. The predicted molar refractivity (Wildman–Crippen MR) is 108 cm³/mol. The summed E-state index contributed by atoms with van der Waals surface area (Å²) in [5, 5.41) is 7.46. The van der Waals surface area contributed by atoms with E-state index < -0.39 is 0 Å². The van der Waals surface area contributed by atoms with Gasteiger partial charge >= 0.3 is 0 Å². The molecular weight excluding hydrogens is 355 g/mol. The number of likely N-dealkylation sites (N-methyl/N-ethyl adjacent to an activating group) is 1. The highest BCUT2D eigenvalue weighted by Crippen LogP contribution is 2.11. The Morgan fingerprint density at radius 2 is 1.82 bits per heavy atom. The molecule has 28 heavy (non-hydrogen) atoms. The monoisotopic (exact) mass is 380 g/mol. The van der Waals surface area contributed by atoms with E-state index in [0.29, 0.717) is 13.0 Å². The number of rotatable bonds is 8. The third-order valence-corrected chi connectivity index (χ3v) is 4.49. The minimum atomic E-state index is -0.273. The molecule has 0 bridgehead atoms. The molecule has 1 aromatic heterocycles.